The minimum absolute atomic E-state index is 0.0499. The lowest BCUT2D eigenvalue weighted by Crippen LogP contribution is -2.47. The molecule has 140 valence electrons. The molecule has 0 unspecified atom stereocenters. The van der Waals surface area contributed by atoms with E-state index in [1.807, 2.05) is 0 Å². The third kappa shape index (κ3) is 2.46. The second-order valence-electron chi connectivity index (χ2n) is 9.20. The van der Waals surface area contributed by atoms with Gasteiger partial charge in [0.2, 0.25) is 0 Å². The smallest absolute Gasteiger partial charge is 0.302 e. The second-order valence-corrected chi connectivity index (χ2v) is 9.20. The van der Waals surface area contributed by atoms with Crippen LogP contribution in [0, 0.1) is 22.7 Å². The molecule has 3 heteroatoms. The molecule has 0 bridgehead atoms. The molecular formula is C23H30O3. The number of ketones is 1. The first-order chi connectivity index (χ1) is 12.3. The number of carbonyl (C=O) groups is 2. The Morgan fingerprint density at radius 1 is 1.12 bits per heavy atom. The van der Waals surface area contributed by atoms with Gasteiger partial charge in [0.1, 0.15) is 6.10 Å². The molecule has 0 N–H and O–H groups in total. The molecule has 26 heavy (non-hydrogen) atoms. The number of Topliss-reactive ketones (excluding diaryl/α,β-unsaturated/α-hetero) is 1. The van der Waals surface area contributed by atoms with Gasteiger partial charge in [-0.15, -0.1) is 0 Å². The molecule has 5 atom stereocenters. The van der Waals surface area contributed by atoms with E-state index >= 15 is 0 Å². The summed E-state index contributed by atoms with van der Waals surface area (Å²) in [6, 6.07) is 0. The van der Waals surface area contributed by atoms with Crippen molar-refractivity contribution in [2.75, 3.05) is 0 Å². The van der Waals surface area contributed by atoms with Crippen molar-refractivity contribution < 1.29 is 14.3 Å². The average Bonchev–Trinajstić information content (AvgIpc) is 2.92. The van der Waals surface area contributed by atoms with E-state index in [2.05, 4.69) is 32.1 Å². The molecule has 4 aliphatic carbocycles. The number of rotatable bonds is 2. The molecule has 4 rings (SSSR count). The first-order valence-electron chi connectivity index (χ1n) is 10.1. The summed E-state index contributed by atoms with van der Waals surface area (Å²) in [6.07, 6.45) is 13.1. The van der Waals surface area contributed by atoms with Crippen molar-refractivity contribution in [2.24, 2.45) is 22.7 Å². The maximum absolute atomic E-state index is 12.1. The largest absolute Gasteiger partial charge is 0.462 e. The Hall–Kier alpha value is -1.64. The predicted octanol–water partition coefficient (Wildman–Crippen LogP) is 4.93. The fourth-order valence-corrected chi connectivity index (χ4v) is 6.48. The lowest BCUT2D eigenvalue weighted by atomic mass is 9.49. The van der Waals surface area contributed by atoms with E-state index in [0.717, 1.165) is 37.7 Å². The van der Waals surface area contributed by atoms with E-state index in [9.17, 15) is 9.59 Å². The van der Waals surface area contributed by atoms with Crippen molar-refractivity contribution in [2.45, 2.75) is 72.3 Å². The Kier molecular flexibility index (Phi) is 4.05. The van der Waals surface area contributed by atoms with E-state index in [0.29, 0.717) is 11.8 Å². The Bertz CT molecular complexity index is 755. The molecule has 0 aromatic carbocycles. The van der Waals surface area contributed by atoms with Crippen molar-refractivity contribution in [3.8, 4) is 0 Å². The topological polar surface area (TPSA) is 43.4 Å². The molecule has 0 spiro atoms. The van der Waals surface area contributed by atoms with Crippen LogP contribution in [0.25, 0.3) is 0 Å². The Morgan fingerprint density at radius 2 is 1.88 bits per heavy atom. The van der Waals surface area contributed by atoms with E-state index in [1.165, 1.54) is 24.5 Å². The van der Waals surface area contributed by atoms with Crippen LogP contribution in [0.1, 0.15) is 66.2 Å². The highest BCUT2D eigenvalue weighted by Gasteiger charge is 2.54. The summed E-state index contributed by atoms with van der Waals surface area (Å²) in [4.78, 5) is 23.5. The number of allylic oxidation sites excluding steroid dienone is 5. The van der Waals surface area contributed by atoms with Crippen molar-refractivity contribution >= 4 is 11.8 Å². The van der Waals surface area contributed by atoms with E-state index in [1.54, 1.807) is 6.92 Å². The van der Waals surface area contributed by atoms with Crippen LogP contribution >= 0.6 is 0 Å². The number of hydrogen-bond acceptors (Lipinski definition) is 3. The maximum Gasteiger partial charge on any atom is 0.302 e. The van der Waals surface area contributed by atoms with Crippen LogP contribution in [0.2, 0.25) is 0 Å². The van der Waals surface area contributed by atoms with Crippen molar-refractivity contribution in [3.05, 3.63) is 34.9 Å². The fraction of sp³-hybridized carbons (Fsp3) is 0.652. The van der Waals surface area contributed by atoms with Gasteiger partial charge in [0, 0.05) is 24.3 Å². The third-order valence-electron chi connectivity index (χ3n) is 7.82. The highest BCUT2D eigenvalue weighted by molar-refractivity contribution is 5.96. The van der Waals surface area contributed by atoms with Crippen LogP contribution in [-0.2, 0) is 14.3 Å². The van der Waals surface area contributed by atoms with Gasteiger partial charge in [0.15, 0.2) is 5.78 Å². The fourth-order valence-electron chi connectivity index (χ4n) is 6.48. The van der Waals surface area contributed by atoms with Gasteiger partial charge < -0.3 is 4.74 Å². The minimum Gasteiger partial charge on any atom is -0.462 e. The molecule has 0 radical (unpaired) electrons. The molecule has 0 heterocycles. The van der Waals surface area contributed by atoms with Gasteiger partial charge >= 0.3 is 5.97 Å². The van der Waals surface area contributed by atoms with Gasteiger partial charge in [-0.05, 0) is 56.3 Å². The lowest BCUT2D eigenvalue weighted by Gasteiger charge is -2.56. The van der Waals surface area contributed by atoms with E-state index in [-0.39, 0.29) is 28.7 Å². The Balaban J connectivity index is 1.61. The number of esters is 1. The van der Waals surface area contributed by atoms with Crippen LogP contribution in [0.15, 0.2) is 34.9 Å². The van der Waals surface area contributed by atoms with Gasteiger partial charge in [0.05, 0.1) is 0 Å². The number of ether oxygens (including phenoxy) is 1. The zero-order valence-corrected chi connectivity index (χ0v) is 16.4. The molecule has 2 fully saturated rings. The van der Waals surface area contributed by atoms with Crippen LogP contribution in [0.3, 0.4) is 0 Å². The molecule has 4 aliphatic rings. The van der Waals surface area contributed by atoms with Crippen LogP contribution in [0.4, 0.5) is 0 Å². The Labute approximate surface area is 156 Å². The lowest BCUT2D eigenvalue weighted by molar-refractivity contribution is -0.148. The number of fused-ring (bicyclic) bond motifs is 5. The van der Waals surface area contributed by atoms with E-state index < -0.39 is 0 Å². The van der Waals surface area contributed by atoms with Gasteiger partial charge in [-0.25, -0.2) is 0 Å². The van der Waals surface area contributed by atoms with E-state index in [4.69, 9.17) is 4.74 Å². The first-order valence-corrected chi connectivity index (χ1v) is 10.1. The van der Waals surface area contributed by atoms with Gasteiger partial charge in [-0.2, -0.15) is 0 Å². The highest BCUT2D eigenvalue weighted by atomic mass is 16.5. The number of carbonyl (C=O) groups excluding carboxylic acids is 2. The molecule has 0 aromatic heterocycles. The number of hydrogen-bond donors (Lipinski definition) is 0. The second kappa shape index (κ2) is 5.94. The van der Waals surface area contributed by atoms with Gasteiger partial charge in [-0.1, -0.05) is 43.2 Å². The summed E-state index contributed by atoms with van der Waals surface area (Å²) < 4.78 is 5.51. The van der Waals surface area contributed by atoms with Crippen LogP contribution < -0.4 is 0 Å². The Morgan fingerprint density at radius 3 is 2.58 bits per heavy atom. The molecular weight excluding hydrogens is 324 g/mol. The zero-order chi connectivity index (χ0) is 18.7. The molecule has 0 aromatic rings. The van der Waals surface area contributed by atoms with Crippen molar-refractivity contribution in [1.29, 1.82) is 0 Å². The minimum atomic E-state index is -0.166. The first kappa shape index (κ1) is 17.8. The standard InChI is InChI=1S/C23H30O3/c1-14(24)19-7-8-20-18-6-5-16-13-17(26-15(2)25)9-11-22(16,3)21(18)10-12-23(19,20)4/h5,7-8,17-18,21H,6,9-13H2,1-4H3/t17-,18+,21+,22+,23-/m1/s1. The molecule has 0 aliphatic heterocycles. The average molecular weight is 354 g/mol. The SMILES string of the molecule is CC(=O)O[C@@H]1CC[C@@]2(C)C(=CC[C@H]3C4=CC=C(C(C)=O)[C@@]4(C)CC[C@@H]32)C1. The molecule has 3 nitrogen and oxygen atoms in total. The summed E-state index contributed by atoms with van der Waals surface area (Å²) >= 11 is 0. The third-order valence-corrected chi connectivity index (χ3v) is 7.82. The summed E-state index contributed by atoms with van der Waals surface area (Å²) in [7, 11) is 0. The summed E-state index contributed by atoms with van der Waals surface area (Å²) in [6.45, 7) is 7.91. The highest BCUT2D eigenvalue weighted by Crippen LogP contribution is 2.63. The molecule has 2 saturated carbocycles. The molecule has 0 amide bonds. The van der Waals surface area contributed by atoms with Crippen molar-refractivity contribution in [3.63, 3.8) is 0 Å². The monoisotopic (exact) mass is 354 g/mol. The summed E-state index contributed by atoms with van der Waals surface area (Å²) in [5.74, 6) is 1.23. The quantitative estimate of drug-likeness (QED) is 0.522. The summed E-state index contributed by atoms with van der Waals surface area (Å²) in [5.41, 5.74) is 4.14. The normalized spacial score (nSPS) is 41.1. The summed E-state index contributed by atoms with van der Waals surface area (Å²) in [5, 5.41) is 0. The van der Waals surface area contributed by atoms with Crippen LogP contribution in [-0.4, -0.2) is 17.9 Å². The van der Waals surface area contributed by atoms with Gasteiger partial charge in [0.25, 0.3) is 0 Å². The van der Waals surface area contributed by atoms with Crippen LogP contribution in [0.5, 0.6) is 0 Å². The molecule has 0 saturated heterocycles. The zero-order valence-electron chi connectivity index (χ0n) is 16.4. The van der Waals surface area contributed by atoms with Crippen molar-refractivity contribution in [1.82, 2.24) is 0 Å². The predicted molar refractivity (Wildman–Crippen MR) is 101 cm³/mol. The maximum atomic E-state index is 12.1. The van der Waals surface area contributed by atoms with Gasteiger partial charge in [-0.3, -0.25) is 9.59 Å².